The molecule has 2 heterocycles. The number of likely N-dealkylation sites (N-methyl/N-ethyl adjacent to an activating group) is 1. The average Bonchev–Trinajstić information content (AvgIpc) is 2.69. The minimum atomic E-state index is 0.110. The van der Waals surface area contributed by atoms with E-state index in [1.165, 1.54) is 0 Å². The normalized spacial score (nSPS) is 21.3. The summed E-state index contributed by atoms with van der Waals surface area (Å²) in [6, 6.07) is 0.469. The van der Waals surface area contributed by atoms with Crippen LogP contribution in [0.2, 0.25) is 0 Å². The van der Waals surface area contributed by atoms with Gasteiger partial charge < -0.3 is 9.47 Å². The van der Waals surface area contributed by atoms with Gasteiger partial charge in [-0.05, 0) is 20.4 Å². The number of imidazole rings is 1. The second-order valence-corrected chi connectivity index (χ2v) is 5.08. The van der Waals surface area contributed by atoms with E-state index >= 15 is 0 Å². The molecule has 0 N–H and O–H groups in total. The number of carbonyl (C=O) groups excluding carboxylic acids is 1. The number of aryl methyl sites for hydroxylation is 2. The highest BCUT2D eigenvalue weighted by Gasteiger charge is 2.28. The van der Waals surface area contributed by atoms with Gasteiger partial charge in [0.1, 0.15) is 5.69 Å². The Bertz CT molecular complexity index is 421. The van der Waals surface area contributed by atoms with Gasteiger partial charge in [-0.25, -0.2) is 4.98 Å². The Hall–Kier alpha value is -1.36. The highest BCUT2D eigenvalue weighted by molar-refractivity contribution is 5.93. The van der Waals surface area contributed by atoms with Gasteiger partial charge in [0.2, 0.25) is 0 Å². The van der Waals surface area contributed by atoms with Crippen molar-refractivity contribution in [3.63, 3.8) is 0 Å². The molecule has 0 saturated carbocycles. The van der Waals surface area contributed by atoms with Gasteiger partial charge in [0.15, 0.2) is 0 Å². The van der Waals surface area contributed by atoms with Crippen molar-refractivity contribution in [3.05, 3.63) is 17.7 Å². The summed E-state index contributed by atoms with van der Waals surface area (Å²) in [7, 11) is 4.01. The van der Waals surface area contributed by atoms with Crippen LogP contribution in [0.25, 0.3) is 0 Å². The number of hydrogen-bond donors (Lipinski definition) is 0. The lowest BCUT2D eigenvalue weighted by Gasteiger charge is -2.39. The molecule has 1 saturated heterocycles. The minimum Gasteiger partial charge on any atom is -0.334 e. The number of hydrogen-bond acceptors (Lipinski definition) is 3. The molecule has 1 fully saturated rings. The molecule has 5 heteroatoms. The van der Waals surface area contributed by atoms with Gasteiger partial charge >= 0.3 is 0 Å². The molecule has 1 aliphatic rings. The molecule has 1 amide bonds. The fourth-order valence-corrected chi connectivity index (χ4v) is 2.57. The zero-order chi connectivity index (χ0) is 13.3. The third kappa shape index (κ3) is 2.27. The molecule has 0 aromatic carbocycles. The van der Waals surface area contributed by atoms with Crippen molar-refractivity contribution < 1.29 is 4.79 Å². The molecule has 0 aliphatic carbocycles. The summed E-state index contributed by atoms with van der Waals surface area (Å²) >= 11 is 0. The first-order valence-corrected chi connectivity index (χ1v) is 6.52. The van der Waals surface area contributed by atoms with E-state index in [9.17, 15) is 4.79 Å². The predicted octanol–water partition coefficient (Wildman–Crippen LogP) is 0.895. The van der Waals surface area contributed by atoms with Crippen molar-refractivity contribution >= 4 is 5.91 Å². The van der Waals surface area contributed by atoms with Crippen molar-refractivity contribution in [2.75, 3.05) is 26.7 Å². The van der Waals surface area contributed by atoms with E-state index < -0.39 is 0 Å². The monoisotopic (exact) mass is 250 g/mol. The van der Waals surface area contributed by atoms with E-state index in [1.807, 2.05) is 23.4 Å². The molecule has 1 aromatic heterocycles. The van der Waals surface area contributed by atoms with E-state index in [1.54, 1.807) is 6.33 Å². The average molecular weight is 250 g/mol. The van der Waals surface area contributed by atoms with Gasteiger partial charge in [-0.3, -0.25) is 9.69 Å². The predicted molar refractivity (Wildman–Crippen MR) is 70.6 cm³/mol. The summed E-state index contributed by atoms with van der Waals surface area (Å²) in [4.78, 5) is 21.0. The molecule has 18 heavy (non-hydrogen) atoms. The molecule has 2 rings (SSSR count). The maximum atomic E-state index is 12.5. The molecule has 100 valence electrons. The topological polar surface area (TPSA) is 41.4 Å². The molecular weight excluding hydrogens is 228 g/mol. The Morgan fingerprint density at radius 1 is 1.44 bits per heavy atom. The Balaban J connectivity index is 2.15. The van der Waals surface area contributed by atoms with Gasteiger partial charge in [0.05, 0.1) is 12.0 Å². The number of aromatic nitrogens is 2. The smallest absolute Gasteiger partial charge is 0.272 e. The summed E-state index contributed by atoms with van der Waals surface area (Å²) in [5.74, 6) is 0.110. The summed E-state index contributed by atoms with van der Waals surface area (Å²) in [6.45, 7) is 6.62. The van der Waals surface area contributed by atoms with E-state index in [0.717, 1.165) is 37.4 Å². The number of piperazine rings is 1. The van der Waals surface area contributed by atoms with Crippen molar-refractivity contribution in [1.29, 1.82) is 0 Å². The van der Waals surface area contributed by atoms with Crippen LogP contribution in [-0.2, 0) is 7.05 Å². The summed E-state index contributed by atoms with van der Waals surface area (Å²) in [5, 5.41) is 0. The Morgan fingerprint density at radius 2 is 2.17 bits per heavy atom. The van der Waals surface area contributed by atoms with Gasteiger partial charge in [-0.1, -0.05) is 6.92 Å². The largest absolute Gasteiger partial charge is 0.334 e. The first kappa shape index (κ1) is 13.1. The molecule has 0 spiro atoms. The standard InChI is InChI=1S/C13H22N4O/c1-5-11-8-17(7-6-15(11)3)13(18)12-10(2)14-9-16(12)4/h9,11H,5-8H2,1-4H3/t11-/m0/s1. The van der Waals surface area contributed by atoms with E-state index in [-0.39, 0.29) is 5.91 Å². The first-order chi connectivity index (χ1) is 8.54. The molecule has 1 atom stereocenters. The maximum Gasteiger partial charge on any atom is 0.272 e. The van der Waals surface area contributed by atoms with Crippen LogP contribution < -0.4 is 0 Å². The van der Waals surface area contributed by atoms with Gasteiger partial charge in [0.25, 0.3) is 5.91 Å². The van der Waals surface area contributed by atoms with Crippen LogP contribution in [0.5, 0.6) is 0 Å². The number of amides is 1. The van der Waals surface area contributed by atoms with E-state index in [4.69, 9.17) is 0 Å². The van der Waals surface area contributed by atoms with Crippen LogP contribution in [0.4, 0.5) is 0 Å². The summed E-state index contributed by atoms with van der Waals surface area (Å²) in [5.41, 5.74) is 1.53. The van der Waals surface area contributed by atoms with Crippen molar-refractivity contribution in [3.8, 4) is 0 Å². The quantitative estimate of drug-likeness (QED) is 0.783. The lowest BCUT2D eigenvalue weighted by atomic mass is 10.1. The zero-order valence-corrected chi connectivity index (χ0v) is 11.7. The highest BCUT2D eigenvalue weighted by Crippen LogP contribution is 2.15. The fraction of sp³-hybridized carbons (Fsp3) is 0.692. The van der Waals surface area contributed by atoms with Crippen LogP contribution >= 0.6 is 0 Å². The molecule has 1 aromatic rings. The van der Waals surface area contributed by atoms with Gasteiger partial charge in [0, 0.05) is 32.7 Å². The molecule has 5 nitrogen and oxygen atoms in total. The number of nitrogens with zero attached hydrogens (tertiary/aromatic N) is 4. The van der Waals surface area contributed by atoms with Crippen molar-refractivity contribution in [1.82, 2.24) is 19.4 Å². The molecule has 0 radical (unpaired) electrons. The third-order valence-corrected chi connectivity index (χ3v) is 3.86. The van der Waals surface area contributed by atoms with Crippen LogP contribution in [0, 0.1) is 6.92 Å². The number of rotatable bonds is 2. The van der Waals surface area contributed by atoms with E-state index in [0.29, 0.717) is 6.04 Å². The third-order valence-electron chi connectivity index (χ3n) is 3.86. The van der Waals surface area contributed by atoms with Crippen LogP contribution in [0.1, 0.15) is 29.5 Å². The van der Waals surface area contributed by atoms with Gasteiger partial charge in [-0.15, -0.1) is 0 Å². The van der Waals surface area contributed by atoms with Gasteiger partial charge in [-0.2, -0.15) is 0 Å². The Kier molecular flexibility index (Phi) is 3.71. The lowest BCUT2D eigenvalue weighted by molar-refractivity contribution is 0.0532. The van der Waals surface area contributed by atoms with Crippen molar-refractivity contribution in [2.24, 2.45) is 7.05 Å². The SMILES string of the molecule is CC[C@H]1CN(C(=O)c2c(C)ncn2C)CCN1C. The van der Waals surface area contributed by atoms with Crippen LogP contribution in [-0.4, -0.2) is 58.0 Å². The van der Waals surface area contributed by atoms with Crippen LogP contribution in [0.15, 0.2) is 6.33 Å². The number of carbonyl (C=O) groups is 1. The zero-order valence-electron chi connectivity index (χ0n) is 11.7. The lowest BCUT2D eigenvalue weighted by Crippen LogP contribution is -2.53. The maximum absolute atomic E-state index is 12.5. The molecule has 1 aliphatic heterocycles. The Morgan fingerprint density at radius 3 is 2.72 bits per heavy atom. The van der Waals surface area contributed by atoms with Crippen molar-refractivity contribution in [2.45, 2.75) is 26.3 Å². The second-order valence-electron chi connectivity index (χ2n) is 5.08. The molecular formula is C13H22N4O. The Labute approximate surface area is 108 Å². The second kappa shape index (κ2) is 5.10. The summed E-state index contributed by atoms with van der Waals surface area (Å²) < 4.78 is 1.82. The first-order valence-electron chi connectivity index (χ1n) is 6.52. The fourth-order valence-electron chi connectivity index (χ4n) is 2.57. The van der Waals surface area contributed by atoms with Crippen LogP contribution in [0.3, 0.4) is 0 Å². The molecule has 0 bridgehead atoms. The minimum absolute atomic E-state index is 0.110. The van der Waals surface area contributed by atoms with E-state index in [2.05, 4.69) is 23.9 Å². The summed E-state index contributed by atoms with van der Waals surface area (Å²) in [6.07, 6.45) is 2.78. The molecule has 0 unspecified atom stereocenters. The highest BCUT2D eigenvalue weighted by atomic mass is 16.2.